The molecule has 26 heavy (non-hydrogen) atoms. The van der Waals surface area contributed by atoms with Crippen LogP contribution in [0.4, 0.5) is 11.5 Å². The lowest BCUT2D eigenvalue weighted by atomic mass is 10.2. The molecule has 2 N–H and O–H groups in total. The number of hydrogen-bond donors (Lipinski definition) is 2. The van der Waals surface area contributed by atoms with E-state index in [1.165, 1.54) is 0 Å². The molecule has 0 radical (unpaired) electrons. The van der Waals surface area contributed by atoms with Crippen molar-refractivity contribution < 1.29 is 4.79 Å². The highest BCUT2D eigenvalue weighted by Gasteiger charge is 2.13. The van der Waals surface area contributed by atoms with Crippen LogP contribution in [0.25, 0.3) is 11.4 Å². The van der Waals surface area contributed by atoms with Gasteiger partial charge in [-0.2, -0.15) is 0 Å². The topological polar surface area (TPSA) is 66.9 Å². The maximum Gasteiger partial charge on any atom is 0.270 e. The first-order chi connectivity index (χ1) is 12.7. The van der Waals surface area contributed by atoms with Gasteiger partial charge in [-0.3, -0.25) is 4.79 Å². The number of nitrogens with one attached hydrogen (secondary N) is 2. The molecule has 0 aliphatic heterocycles. The average molecular weight is 365 g/mol. The number of carbonyl (C=O) groups is 1. The number of aromatic nitrogens is 2. The largest absolute Gasteiger partial charge is 0.347 e. The fraction of sp³-hybridized carbons (Fsp3) is 0.0500. The van der Waals surface area contributed by atoms with E-state index in [2.05, 4.69) is 27.2 Å². The van der Waals surface area contributed by atoms with Gasteiger partial charge in [0.1, 0.15) is 11.5 Å². The highest BCUT2D eigenvalue weighted by atomic mass is 35.5. The van der Waals surface area contributed by atoms with Gasteiger partial charge < -0.3 is 10.6 Å². The Balaban J connectivity index is 1.99. The van der Waals surface area contributed by atoms with Crippen LogP contribution in [0, 0.1) is 0 Å². The first-order valence-corrected chi connectivity index (χ1v) is 8.39. The maximum absolute atomic E-state index is 12.3. The van der Waals surface area contributed by atoms with Crippen LogP contribution in [0.15, 0.2) is 73.3 Å². The minimum Gasteiger partial charge on any atom is -0.347 e. The van der Waals surface area contributed by atoms with E-state index in [0.717, 1.165) is 11.3 Å². The number of anilines is 2. The molecule has 1 heterocycles. The van der Waals surface area contributed by atoms with E-state index in [1.807, 2.05) is 42.5 Å². The number of amides is 1. The number of carbonyl (C=O) groups excluding carboxylic acids is 1. The highest BCUT2D eigenvalue weighted by molar-refractivity contribution is 6.30. The lowest BCUT2D eigenvalue weighted by Gasteiger charge is -2.10. The molecule has 0 fully saturated rings. The predicted molar refractivity (Wildman–Crippen MR) is 105 cm³/mol. The Morgan fingerprint density at radius 1 is 1.08 bits per heavy atom. The molecular weight excluding hydrogens is 348 g/mol. The van der Waals surface area contributed by atoms with Crippen molar-refractivity contribution in [3.05, 3.63) is 84.0 Å². The van der Waals surface area contributed by atoms with Crippen LogP contribution >= 0.6 is 11.6 Å². The van der Waals surface area contributed by atoms with Crippen molar-refractivity contribution in [1.29, 1.82) is 0 Å². The van der Waals surface area contributed by atoms with Gasteiger partial charge in [0.2, 0.25) is 0 Å². The summed E-state index contributed by atoms with van der Waals surface area (Å²) < 4.78 is 0. The van der Waals surface area contributed by atoms with Crippen LogP contribution in [-0.2, 0) is 0 Å². The van der Waals surface area contributed by atoms with Gasteiger partial charge in [0.05, 0.1) is 0 Å². The molecule has 0 saturated heterocycles. The Hall–Kier alpha value is -3.18. The summed E-state index contributed by atoms with van der Waals surface area (Å²) >= 11 is 6.03. The highest BCUT2D eigenvalue weighted by Crippen LogP contribution is 2.22. The van der Waals surface area contributed by atoms with Crippen LogP contribution in [-0.4, -0.2) is 22.4 Å². The monoisotopic (exact) mass is 364 g/mol. The number of nitrogens with zero attached hydrogens (tertiary/aromatic N) is 2. The minimum absolute atomic E-state index is 0.269. The SMILES string of the molecule is C=CCNC(=O)c1cc(Nc2cccc(Cl)c2)nc(-c2ccccc2)n1. The molecule has 3 aromatic rings. The first kappa shape index (κ1) is 17.6. The summed E-state index contributed by atoms with van der Waals surface area (Å²) in [5.74, 6) is 0.671. The molecule has 2 aromatic carbocycles. The molecule has 6 heteroatoms. The van der Waals surface area contributed by atoms with E-state index in [4.69, 9.17) is 11.6 Å². The van der Waals surface area contributed by atoms with Gasteiger partial charge in [-0.1, -0.05) is 54.1 Å². The van der Waals surface area contributed by atoms with Crippen molar-refractivity contribution in [2.24, 2.45) is 0 Å². The van der Waals surface area contributed by atoms with Crippen molar-refractivity contribution in [3.63, 3.8) is 0 Å². The zero-order chi connectivity index (χ0) is 18.4. The standard InChI is InChI=1S/C20H17ClN4O/c1-2-11-22-20(26)17-13-18(23-16-10-6-9-15(21)12-16)25-19(24-17)14-7-4-3-5-8-14/h2-10,12-13H,1,11H2,(H,22,26)(H,23,24,25). The Bertz CT molecular complexity index is 928. The Kier molecular flexibility index (Phi) is 5.61. The average Bonchev–Trinajstić information content (AvgIpc) is 2.66. The summed E-state index contributed by atoms with van der Waals surface area (Å²) in [5, 5.41) is 6.51. The molecule has 0 unspecified atom stereocenters. The van der Waals surface area contributed by atoms with Crippen LogP contribution in [0.5, 0.6) is 0 Å². The second-order valence-corrected chi connectivity index (χ2v) is 5.90. The quantitative estimate of drug-likeness (QED) is 0.634. The summed E-state index contributed by atoms with van der Waals surface area (Å²) in [6.07, 6.45) is 1.61. The zero-order valence-corrected chi connectivity index (χ0v) is 14.7. The normalized spacial score (nSPS) is 10.2. The maximum atomic E-state index is 12.3. The molecule has 3 rings (SSSR count). The summed E-state index contributed by atoms with van der Waals surface area (Å²) in [4.78, 5) is 21.3. The number of benzene rings is 2. The third-order valence-electron chi connectivity index (χ3n) is 3.49. The van der Waals surface area contributed by atoms with E-state index in [-0.39, 0.29) is 11.6 Å². The summed E-state index contributed by atoms with van der Waals surface area (Å²) in [7, 11) is 0. The van der Waals surface area contributed by atoms with Crippen LogP contribution in [0.3, 0.4) is 0 Å². The van der Waals surface area contributed by atoms with E-state index < -0.39 is 0 Å². The van der Waals surface area contributed by atoms with Gasteiger partial charge in [-0.25, -0.2) is 9.97 Å². The lowest BCUT2D eigenvalue weighted by molar-refractivity contribution is 0.0953. The predicted octanol–water partition coefficient (Wildman–Crippen LogP) is 4.46. The van der Waals surface area contributed by atoms with Gasteiger partial charge >= 0.3 is 0 Å². The fourth-order valence-corrected chi connectivity index (χ4v) is 2.50. The van der Waals surface area contributed by atoms with E-state index in [9.17, 15) is 4.79 Å². The van der Waals surface area contributed by atoms with Crippen LogP contribution in [0.2, 0.25) is 5.02 Å². The van der Waals surface area contributed by atoms with Crippen molar-refractivity contribution in [2.75, 3.05) is 11.9 Å². The molecule has 0 bridgehead atoms. The van der Waals surface area contributed by atoms with Crippen molar-refractivity contribution in [3.8, 4) is 11.4 Å². The van der Waals surface area contributed by atoms with Crippen LogP contribution < -0.4 is 10.6 Å². The molecule has 130 valence electrons. The second-order valence-electron chi connectivity index (χ2n) is 5.46. The van der Waals surface area contributed by atoms with E-state index in [1.54, 1.807) is 24.3 Å². The number of halogens is 1. The Labute approximate surface area is 156 Å². The summed E-state index contributed by atoms with van der Waals surface area (Å²) in [5.41, 5.74) is 1.86. The van der Waals surface area contributed by atoms with E-state index in [0.29, 0.717) is 23.2 Å². The van der Waals surface area contributed by atoms with Gasteiger partial charge in [0.25, 0.3) is 5.91 Å². The number of rotatable bonds is 6. The molecule has 0 aliphatic carbocycles. The second kappa shape index (κ2) is 8.27. The van der Waals surface area contributed by atoms with Crippen molar-refractivity contribution in [1.82, 2.24) is 15.3 Å². The lowest BCUT2D eigenvalue weighted by Crippen LogP contribution is -2.24. The van der Waals surface area contributed by atoms with E-state index >= 15 is 0 Å². The zero-order valence-electron chi connectivity index (χ0n) is 13.9. The smallest absolute Gasteiger partial charge is 0.270 e. The number of hydrogen-bond acceptors (Lipinski definition) is 4. The molecule has 0 saturated carbocycles. The van der Waals surface area contributed by atoms with Crippen molar-refractivity contribution in [2.45, 2.75) is 0 Å². The fourth-order valence-electron chi connectivity index (χ4n) is 2.31. The molecule has 0 spiro atoms. The van der Waals surface area contributed by atoms with Gasteiger partial charge in [0.15, 0.2) is 5.82 Å². The third kappa shape index (κ3) is 4.46. The first-order valence-electron chi connectivity index (χ1n) is 8.02. The molecular formula is C20H17ClN4O. The van der Waals surface area contributed by atoms with Crippen molar-refractivity contribution >= 4 is 29.0 Å². The Morgan fingerprint density at radius 3 is 2.62 bits per heavy atom. The summed E-state index contributed by atoms with van der Waals surface area (Å²) in [6.45, 7) is 3.96. The van der Waals surface area contributed by atoms with Gasteiger partial charge in [-0.05, 0) is 18.2 Å². The third-order valence-corrected chi connectivity index (χ3v) is 3.73. The van der Waals surface area contributed by atoms with Crippen LogP contribution in [0.1, 0.15) is 10.5 Å². The minimum atomic E-state index is -0.293. The molecule has 1 amide bonds. The van der Waals surface area contributed by atoms with Gasteiger partial charge in [-0.15, -0.1) is 6.58 Å². The molecule has 0 aliphatic rings. The molecule has 0 atom stereocenters. The molecule has 1 aromatic heterocycles. The Morgan fingerprint density at radius 2 is 1.88 bits per heavy atom. The molecule has 5 nitrogen and oxygen atoms in total. The summed E-state index contributed by atoms with van der Waals surface area (Å²) in [6, 6.07) is 18.4. The van der Waals surface area contributed by atoms with Gasteiger partial charge in [0, 0.05) is 28.9 Å².